The van der Waals surface area contributed by atoms with E-state index in [0.717, 1.165) is 65.1 Å². The van der Waals surface area contributed by atoms with Crippen LogP contribution in [0.15, 0.2) is 62.3 Å². The van der Waals surface area contributed by atoms with Gasteiger partial charge in [0.25, 0.3) is 5.56 Å². The predicted molar refractivity (Wildman–Crippen MR) is 128 cm³/mol. The number of aromatic nitrogens is 2. The number of amides is 1. The quantitative estimate of drug-likeness (QED) is 0.354. The van der Waals surface area contributed by atoms with Gasteiger partial charge in [0.05, 0.1) is 32.6 Å². The summed E-state index contributed by atoms with van der Waals surface area (Å²) in [5.74, 6) is 0.833. The summed E-state index contributed by atoms with van der Waals surface area (Å²) in [7, 11) is 0. The average molecular weight is 498 g/mol. The van der Waals surface area contributed by atoms with Crippen LogP contribution in [0.3, 0.4) is 0 Å². The van der Waals surface area contributed by atoms with Gasteiger partial charge in [0.1, 0.15) is 25.7 Å². The number of aromatic amines is 1. The second-order valence-corrected chi connectivity index (χ2v) is 6.48. The Morgan fingerprint density at radius 1 is 1.00 bits per heavy atom. The number of nitrogens with zero attached hydrogens (tertiary/aromatic N) is 2. The van der Waals surface area contributed by atoms with E-state index in [0.29, 0.717) is 13.2 Å². The van der Waals surface area contributed by atoms with E-state index in [9.17, 15) is 9.59 Å². The molecule has 5 N–H and O–H groups in total. The van der Waals surface area contributed by atoms with Crippen LogP contribution in [0.1, 0.15) is 6.42 Å². The highest BCUT2D eigenvalue weighted by Gasteiger charge is 2.06. The van der Waals surface area contributed by atoms with Crippen LogP contribution >= 0.6 is 0 Å². The van der Waals surface area contributed by atoms with Crippen molar-refractivity contribution in [2.24, 2.45) is 4.99 Å². The van der Waals surface area contributed by atoms with Gasteiger partial charge in [-0.15, -0.1) is 6.58 Å². The molecule has 4 aliphatic rings. The van der Waals surface area contributed by atoms with Gasteiger partial charge < -0.3 is 39.2 Å². The Hall–Kier alpha value is -3.46. The van der Waals surface area contributed by atoms with Gasteiger partial charge in [-0.1, -0.05) is 11.2 Å². The maximum atomic E-state index is 9.92. The van der Waals surface area contributed by atoms with Crippen molar-refractivity contribution >= 4 is 12.0 Å². The maximum Gasteiger partial charge on any atom is 0.407 e. The lowest BCUT2D eigenvalue weighted by Crippen LogP contribution is -2.11. The minimum Gasteiger partial charge on any atom is -0.479 e. The van der Waals surface area contributed by atoms with Gasteiger partial charge in [-0.2, -0.15) is 5.16 Å². The van der Waals surface area contributed by atoms with E-state index in [1.54, 1.807) is 18.3 Å². The molecule has 0 aromatic carbocycles. The molecule has 14 heteroatoms. The summed E-state index contributed by atoms with van der Waals surface area (Å²) in [6, 6.07) is 3.03. The highest BCUT2D eigenvalue weighted by molar-refractivity contribution is 5.78. The molecule has 14 nitrogen and oxygen atoms in total. The lowest BCUT2D eigenvalue weighted by atomic mass is 10.4. The fourth-order valence-corrected chi connectivity index (χ4v) is 2.17. The van der Waals surface area contributed by atoms with Crippen LogP contribution in [0, 0.1) is 0 Å². The Morgan fingerprint density at radius 3 is 2.11 bits per heavy atom. The second-order valence-electron chi connectivity index (χ2n) is 6.48. The molecule has 0 bridgehead atoms. The van der Waals surface area contributed by atoms with Crippen LogP contribution < -0.4 is 26.8 Å². The molecule has 0 radical (unpaired) electrons. The first-order chi connectivity index (χ1) is 17.2. The standard InChI is InChI=1S/C6H9NO.C3H8N2.C3H5NO2.C3H3NO2.C3H7NO.C3H3NO/c1-2-3-6-7-4-5-8-6;1-2-5-3-4-1;5-3-4-1-2-6-3;5-3-1-2-6-4-3;1-2-5-3-4-1;1-2-4-5-3-1/h2H,1,3-5H2;4-5H,1-3H2;1-2H2,(H,4,5);1-2H,(H,4,5);4H,1-3H2;1-3H. The lowest BCUT2D eigenvalue weighted by Gasteiger charge is -1.92. The summed E-state index contributed by atoms with van der Waals surface area (Å²) in [5.41, 5.74) is -0.199. The van der Waals surface area contributed by atoms with E-state index >= 15 is 0 Å². The van der Waals surface area contributed by atoms with Crippen molar-refractivity contribution in [3.8, 4) is 0 Å². The number of cyclic esters (lactones) is 1. The van der Waals surface area contributed by atoms with E-state index in [4.69, 9.17) is 9.47 Å². The molecule has 0 saturated carbocycles. The van der Waals surface area contributed by atoms with Crippen molar-refractivity contribution in [3.63, 3.8) is 0 Å². The first-order valence-electron chi connectivity index (χ1n) is 11.1. The Morgan fingerprint density at radius 2 is 1.86 bits per heavy atom. The number of carbonyl (C=O) groups is 1. The third-order valence-corrected chi connectivity index (χ3v) is 3.72. The molecule has 6 rings (SSSR count). The molecule has 3 fully saturated rings. The number of carbonyl (C=O) groups excluding carboxylic acids is 1. The van der Waals surface area contributed by atoms with Crippen LogP contribution in [0.25, 0.3) is 0 Å². The molecule has 6 heterocycles. The first-order valence-corrected chi connectivity index (χ1v) is 11.1. The zero-order valence-electron chi connectivity index (χ0n) is 19.7. The summed E-state index contributed by atoms with van der Waals surface area (Å²) >= 11 is 0. The zero-order valence-corrected chi connectivity index (χ0v) is 19.7. The molecule has 35 heavy (non-hydrogen) atoms. The number of ether oxygens (including phenoxy) is 3. The summed E-state index contributed by atoms with van der Waals surface area (Å²) in [4.78, 5) is 23.9. The van der Waals surface area contributed by atoms with Crippen molar-refractivity contribution in [1.82, 2.24) is 31.6 Å². The fraction of sp³-hybridized carbons (Fsp3) is 0.524. The third-order valence-electron chi connectivity index (χ3n) is 3.72. The molecule has 196 valence electrons. The highest BCUT2D eigenvalue weighted by Crippen LogP contribution is 1.97. The summed E-state index contributed by atoms with van der Waals surface area (Å²) in [5, 5.41) is 17.1. The maximum absolute atomic E-state index is 9.92. The van der Waals surface area contributed by atoms with Crippen molar-refractivity contribution in [3.05, 3.63) is 53.9 Å². The molecule has 4 aliphatic heterocycles. The molecule has 0 atom stereocenters. The van der Waals surface area contributed by atoms with Crippen LogP contribution in [-0.4, -0.2) is 88.2 Å². The largest absolute Gasteiger partial charge is 0.479 e. The van der Waals surface area contributed by atoms with E-state index in [2.05, 4.69) is 56.9 Å². The summed E-state index contributed by atoms with van der Waals surface area (Å²) in [6.07, 6.45) is 6.67. The van der Waals surface area contributed by atoms with Gasteiger partial charge in [-0.05, 0) is 6.07 Å². The highest BCUT2D eigenvalue weighted by atomic mass is 16.6. The fourth-order valence-electron chi connectivity index (χ4n) is 2.17. The predicted octanol–water partition coefficient (Wildman–Crippen LogP) is 0.0603. The van der Waals surface area contributed by atoms with Crippen LogP contribution in [-0.2, 0) is 14.2 Å². The number of hydrogen-bond acceptors (Lipinski definition) is 12. The van der Waals surface area contributed by atoms with Crippen LogP contribution in [0.5, 0.6) is 0 Å². The van der Waals surface area contributed by atoms with E-state index in [1.165, 1.54) is 18.6 Å². The van der Waals surface area contributed by atoms with Gasteiger partial charge >= 0.3 is 6.09 Å². The average Bonchev–Trinajstić information content (AvgIpc) is 3.74. The monoisotopic (exact) mass is 497 g/mol. The lowest BCUT2D eigenvalue weighted by molar-refractivity contribution is 0.178. The molecule has 1 amide bonds. The summed E-state index contributed by atoms with van der Waals surface area (Å²) < 4.78 is 22.9. The molecular weight excluding hydrogens is 462 g/mol. The van der Waals surface area contributed by atoms with Crippen LogP contribution in [0.4, 0.5) is 4.79 Å². The topological polar surface area (TPSA) is 177 Å². The van der Waals surface area contributed by atoms with E-state index in [-0.39, 0.29) is 11.7 Å². The number of alkyl carbamates (subject to hydrolysis) is 1. The van der Waals surface area contributed by atoms with Crippen molar-refractivity contribution in [1.29, 1.82) is 0 Å². The smallest absolute Gasteiger partial charge is 0.407 e. The van der Waals surface area contributed by atoms with Gasteiger partial charge in [0.15, 0.2) is 5.90 Å². The van der Waals surface area contributed by atoms with Gasteiger partial charge in [-0.3, -0.25) is 15.1 Å². The molecule has 2 aromatic heterocycles. The van der Waals surface area contributed by atoms with Crippen molar-refractivity contribution in [2.75, 3.05) is 65.9 Å². The van der Waals surface area contributed by atoms with Crippen molar-refractivity contribution < 1.29 is 28.1 Å². The second kappa shape index (κ2) is 22.3. The Labute approximate surface area is 203 Å². The minimum atomic E-state index is -0.296. The van der Waals surface area contributed by atoms with Gasteiger partial charge in [0, 0.05) is 38.8 Å². The number of H-pyrrole nitrogens is 1. The minimum absolute atomic E-state index is 0.199. The van der Waals surface area contributed by atoms with Crippen LogP contribution in [0.2, 0.25) is 0 Å². The molecule has 0 aliphatic carbocycles. The van der Waals surface area contributed by atoms with Crippen molar-refractivity contribution in [2.45, 2.75) is 6.42 Å². The molecular formula is C21H35N7O7. The molecule has 0 spiro atoms. The number of rotatable bonds is 2. The Kier molecular flexibility index (Phi) is 18.9. The first kappa shape index (κ1) is 29.6. The Bertz CT molecular complexity index is 749. The van der Waals surface area contributed by atoms with Gasteiger partial charge in [0.2, 0.25) is 0 Å². The normalized spacial score (nSPS) is 16.8. The number of hydrogen-bond donors (Lipinski definition) is 5. The summed E-state index contributed by atoms with van der Waals surface area (Å²) in [6.45, 7) is 12.3. The molecule has 0 unspecified atom stereocenters. The van der Waals surface area contributed by atoms with E-state index in [1.807, 2.05) is 0 Å². The number of aliphatic imine (C=N–C) groups is 1. The molecule has 2 aromatic rings. The molecule has 3 saturated heterocycles. The van der Waals surface area contributed by atoms with E-state index < -0.39 is 0 Å². The van der Waals surface area contributed by atoms with Gasteiger partial charge in [-0.25, -0.2) is 4.79 Å². The number of nitrogens with one attached hydrogen (secondary N) is 5. The SMILES string of the molecule is C1CNCN1.C1COCN1.C=CCC1=NCCO1.O=C1NCCO1.O=c1cco[nH]1.c1cnoc1. The third kappa shape index (κ3) is 19.7. The zero-order chi connectivity index (χ0) is 25.2. The Balaban J connectivity index is 0.000000212.